The van der Waals surface area contributed by atoms with Crippen molar-refractivity contribution in [3.8, 4) is 0 Å². The number of nitrogens with one attached hydrogen (secondary N) is 3. The summed E-state index contributed by atoms with van der Waals surface area (Å²) in [6, 6.07) is 10.5. The maximum atomic E-state index is 14.1. The summed E-state index contributed by atoms with van der Waals surface area (Å²) in [4.78, 5) is 25.8. The molecule has 0 radical (unpaired) electrons. The molecule has 0 aromatic heterocycles. The second-order valence-electron chi connectivity index (χ2n) is 8.10. The number of hydrogen-bond donors (Lipinski definition) is 3. The first kappa shape index (κ1) is 20.8. The molecular formula is C23H25ClFN3O2. The van der Waals surface area contributed by atoms with Crippen molar-refractivity contribution in [2.24, 2.45) is 0 Å². The van der Waals surface area contributed by atoms with Crippen LogP contribution >= 0.6 is 11.6 Å². The van der Waals surface area contributed by atoms with Crippen molar-refractivity contribution in [3.05, 3.63) is 63.9 Å². The fourth-order valence-electron chi connectivity index (χ4n) is 4.59. The number of halogens is 2. The number of benzene rings is 2. The molecule has 1 heterocycles. The van der Waals surface area contributed by atoms with E-state index >= 15 is 0 Å². The summed E-state index contributed by atoms with van der Waals surface area (Å²) in [6.07, 6.45) is 4.67. The minimum atomic E-state index is -0.755. The Bertz CT molecular complexity index is 984. The van der Waals surface area contributed by atoms with E-state index in [-0.39, 0.29) is 22.2 Å². The fourth-order valence-corrected chi connectivity index (χ4v) is 4.75. The van der Waals surface area contributed by atoms with Crippen molar-refractivity contribution >= 4 is 29.1 Å². The van der Waals surface area contributed by atoms with Gasteiger partial charge in [0.25, 0.3) is 5.91 Å². The molecule has 0 spiro atoms. The molecule has 7 heteroatoms. The summed E-state index contributed by atoms with van der Waals surface area (Å²) in [5, 5.41) is 8.37. The van der Waals surface area contributed by atoms with Gasteiger partial charge in [0.05, 0.1) is 21.7 Å². The van der Waals surface area contributed by atoms with Crippen LogP contribution < -0.4 is 16.0 Å². The summed E-state index contributed by atoms with van der Waals surface area (Å²) in [6.45, 7) is 0.988. The van der Waals surface area contributed by atoms with Crippen molar-refractivity contribution in [2.45, 2.75) is 37.0 Å². The van der Waals surface area contributed by atoms with Crippen LogP contribution in [0.5, 0.6) is 0 Å². The van der Waals surface area contributed by atoms with Gasteiger partial charge in [-0.1, -0.05) is 48.7 Å². The fraction of sp³-hybridized carbons (Fsp3) is 0.391. The molecule has 2 aromatic carbocycles. The van der Waals surface area contributed by atoms with Crippen molar-refractivity contribution < 1.29 is 14.0 Å². The molecular weight excluding hydrogens is 405 g/mol. The Balaban J connectivity index is 1.70. The van der Waals surface area contributed by atoms with Crippen LogP contribution in [0.1, 0.15) is 53.1 Å². The molecule has 2 aliphatic rings. The van der Waals surface area contributed by atoms with Gasteiger partial charge in [0, 0.05) is 20.1 Å². The number of carbonyl (C=O) groups excluding carboxylic acids is 2. The van der Waals surface area contributed by atoms with E-state index in [9.17, 15) is 14.0 Å². The molecule has 30 heavy (non-hydrogen) atoms. The zero-order valence-corrected chi connectivity index (χ0v) is 17.6. The Hall–Kier alpha value is -2.44. The first-order chi connectivity index (χ1) is 14.5. The summed E-state index contributed by atoms with van der Waals surface area (Å²) >= 11 is 5.86. The summed E-state index contributed by atoms with van der Waals surface area (Å²) in [5.41, 5.74) is 1.73. The molecule has 1 saturated carbocycles. The van der Waals surface area contributed by atoms with Crippen LogP contribution in [-0.2, 0) is 10.2 Å². The Morgan fingerprint density at radius 1 is 1.17 bits per heavy atom. The van der Waals surface area contributed by atoms with Crippen LogP contribution in [0.25, 0.3) is 0 Å². The highest BCUT2D eigenvalue weighted by Crippen LogP contribution is 2.41. The van der Waals surface area contributed by atoms with E-state index < -0.39 is 17.1 Å². The normalized spacial score (nSPS) is 18.0. The molecule has 1 aliphatic carbocycles. The highest BCUT2D eigenvalue weighted by Gasteiger charge is 2.48. The average Bonchev–Trinajstić information content (AvgIpc) is 3.24. The standard InChI is InChI=1S/C23H25ClFN3O2/c1-26-21(29)16-10-18(24)19(25)11-20(16)28-22(30)23(12-27-13-23)17-9-5-4-8-15(17)14-6-2-3-7-14/h4-5,8-11,14,27H,2-3,6-7,12-13H2,1H3,(H,26,29)(H,28,30). The molecule has 4 rings (SSSR count). The molecule has 5 nitrogen and oxygen atoms in total. The van der Waals surface area contributed by atoms with Gasteiger partial charge in [-0.15, -0.1) is 0 Å². The predicted molar refractivity (Wildman–Crippen MR) is 116 cm³/mol. The molecule has 2 aromatic rings. The van der Waals surface area contributed by atoms with Gasteiger partial charge in [0.15, 0.2) is 0 Å². The SMILES string of the molecule is CNC(=O)c1cc(Cl)c(F)cc1NC(=O)C1(c2ccccc2C2CCCC2)CNC1. The number of rotatable bonds is 5. The van der Waals surface area contributed by atoms with Crippen molar-refractivity contribution in [3.63, 3.8) is 0 Å². The Morgan fingerprint density at radius 2 is 1.87 bits per heavy atom. The minimum Gasteiger partial charge on any atom is -0.355 e. The van der Waals surface area contributed by atoms with Gasteiger partial charge in [-0.2, -0.15) is 0 Å². The first-order valence-electron chi connectivity index (χ1n) is 10.3. The van der Waals surface area contributed by atoms with Gasteiger partial charge in [0.1, 0.15) is 5.82 Å². The van der Waals surface area contributed by atoms with E-state index in [0.29, 0.717) is 19.0 Å². The average molecular weight is 430 g/mol. The Morgan fingerprint density at radius 3 is 2.50 bits per heavy atom. The lowest BCUT2D eigenvalue weighted by Gasteiger charge is -2.43. The van der Waals surface area contributed by atoms with Crippen LogP contribution in [0, 0.1) is 5.82 Å². The monoisotopic (exact) mass is 429 g/mol. The van der Waals surface area contributed by atoms with Gasteiger partial charge in [-0.3, -0.25) is 9.59 Å². The second-order valence-corrected chi connectivity index (χ2v) is 8.51. The van der Waals surface area contributed by atoms with Crippen LogP contribution in [0.2, 0.25) is 5.02 Å². The third-order valence-corrected chi connectivity index (χ3v) is 6.63. The van der Waals surface area contributed by atoms with Gasteiger partial charge < -0.3 is 16.0 Å². The number of carbonyl (C=O) groups is 2. The van der Waals surface area contributed by atoms with Crippen molar-refractivity contribution in [2.75, 3.05) is 25.5 Å². The number of anilines is 1. The van der Waals surface area contributed by atoms with E-state index in [1.54, 1.807) is 0 Å². The largest absolute Gasteiger partial charge is 0.355 e. The Kier molecular flexibility index (Phi) is 5.80. The van der Waals surface area contributed by atoms with E-state index in [2.05, 4.69) is 22.0 Å². The topological polar surface area (TPSA) is 70.2 Å². The molecule has 3 N–H and O–H groups in total. The Labute approximate surface area is 180 Å². The molecule has 0 bridgehead atoms. The van der Waals surface area contributed by atoms with E-state index in [1.807, 2.05) is 18.2 Å². The number of hydrogen-bond acceptors (Lipinski definition) is 3. The molecule has 0 unspecified atom stereocenters. The van der Waals surface area contributed by atoms with Gasteiger partial charge in [-0.25, -0.2) is 4.39 Å². The number of amides is 2. The molecule has 1 saturated heterocycles. The zero-order valence-electron chi connectivity index (χ0n) is 16.9. The second kappa shape index (κ2) is 8.36. The van der Waals surface area contributed by atoms with Gasteiger partial charge in [-0.05, 0) is 42.0 Å². The van der Waals surface area contributed by atoms with E-state index in [4.69, 9.17) is 11.6 Å². The lowest BCUT2D eigenvalue weighted by molar-refractivity contribution is -0.123. The quantitative estimate of drug-likeness (QED) is 0.673. The molecule has 2 fully saturated rings. The van der Waals surface area contributed by atoms with Gasteiger partial charge in [0.2, 0.25) is 5.91 Å². The van der Waals surface area contributed by atoms with Crippen LogP contribution in [0.3, 0.4) is 0 Å². The first-order valence-corrected chi connectivity index (χ1v) is 10.7. The molecule has 0 atom stereocenters. The van der Waals surface area contributed by atoms with E-state index in [1.165, 1.54) is 31.5 Å². The highest BCUT2D eigenvalue weighted by atomic mass is 35.5. The minimum absolute atomic E-state index is 0.117. The predicted octanol–water partition coefficient (Wildman–Crippen LogP) is 3.98. The highest BCUT2D eigenvalue weighted by molar-refractivity contribution is 6.31. The lowest BCUT2D eigenvalue weighted by atomic mass is 9.70. The lowest BCUT2D eigenvalue weighted by Crippen LogP contribution is -2.63. The third kappa shape index (κ3) is 3.59. The summed E-state index contributed by atoms with van der Waals surface area (Å²) in [5.74, 6) is -0.925. The van der Waals surface area contributed by atoms with Gasteiger partial charge >= 0.3 is 0 Å². The maximum Gasteiger partial charge on any atom is 0.253 e. The van der Waals surface area contributed by atoms with Crippen molar-refractivity contribution in [1.82, 2.24) is 10.6 Å². The summed E-state index contributed by atoms with van der Waals surface area (Å²) in [7, 11) is 1.47. The maximum absolute atomic E-state index is 14.1. The summed E-state index contributed by atoms with van der Waals surface area (Å²) < 4.78 is 14.1. The zero-order chi connectivity index (χ0) is 21.3. The van der Waals surface area contributed by atoms with Crippen LogP contribution in [0.4, 0.5) is 10.1 Å². The van der Waals surface area contributed by atoms with E-state index in [0.717, 1.165) is 24.5 Å². The third-order valence-electron chi connectivity index (χ3n) is 6.34. The van der Waals surface area contributed by atoms with Crippen molar-refractivity contribution in [1.29, 1.82) is 0 Å². The van der Waals surface area contributed by atoms with Crippen LogP contribution in [0.15, 0.2) is 36.4 Å². The molecule has 1 aliphatic heterocycles. The van der Waals surface area contributed by atoms with Crippen LogP contribution in [-0.4, -0.2) is 32.0 Å². The smallest absolute Gasteiger partial charge is 0.253 e. The molecule has 158 valence electrons. The molecule has 2 amide bonds.